The molecule has 4 aromatic rings. The number of amides is 1. The number of carbonyl (C=O) groups excluding carboxylic acids is 1. The van der Waals surface area contributed by atoms with E-state index in [1.807, 2.05) is 35.7 Å². The Balaban J connectivity index is 1.77. The molecule has 3 heterocycles. The summed E-state index contributed by atoms with van der Waals surface area (Å²) in [5, 5.41) is 2.65. The SMILES string of the molecule is C=CCN(C(=O)c1ccc2c(=O)n(C)c(=O)n(C)c2n1)c1nc(-c2ccccc2)cs1. The first-order chi connectivity index (χ1) is 14.9. The number of rotatable bonds is 5. The van der Waals surface area contributed by atoms with Gasteiger partial charge in [-0.05, 0) is 12.1 Å². The summed E-state index contributed by atoms with van der Waals surface area (Å²) in [7, 11) is 2.92. The number of hydrogen-bond donors (Lipinski definition) is 0. The van der Waals surface area contributed by atoms with E-state index < -0.39 is 17.2 Å². The fourth-order valence-electron chi connectivity index (χ4n) is 3.22. The highest BCUT2D eigenvalue weighted by atomic mass is 32.1. The second-order valence-corrected chi connectivity index (χ2v) is 7.70. The Bertz CT molecular complexity index is 1420. The predicted molar refractivity (Wildman–Crippen MR) is 122 cm³/mol. The van der Waals surface area contributed by atoms with Crippen LogP contribution >= 0.6 is 11.3 Å². The van der Waals surface area contributed by atoms with Crippen LogP contribution in [0, 0.1) is 0 Å². The number of nitrogens with zero attached hydrogens (tertiary/aromatic N) is 5. The highest BCUT2D eigenvalue weighted by molar-refractivity contribution is 7.14. The molecule has 0 aliphatic rings. The predicted octanol–water partition coefficient (Wildman–Crippen LogP) is 2.59. The molecule has 0 unspecified atom stereocenters. The summed E-state index contributed by atoms with van der Waals surface area (Å²) in [6, 6.07) is 12.7. The van der Waals surface area contributed by atoms with Crippen LogP contribution in [0.2, 0.25) is 0 Å². The van der Waals surface area contributed by atoms with Crippen LogP contribution in [0.3, 0.4) is 0 Å². The van der Waals surface area contributed by atoms with Gasteiger partial charge in [-0.25, -0.2) is 14.8 Å². The highest BCUT2D eigenvalue weighted by Crippen LogP contribution is 2.28. The molecule has 0 fully saturated rings. The van der Waals surface area contributed by atoms with Gasteiger partial charge in [0.1, 0.15) is 11.3 Å². The molecule has 4 rings (SSSR count). The maximum atomic E-state index is 13.3. The van der Waals surface area contributed by atoms with Crippen LogP contribution in [-0.2, 0) is 14.1 Å². The molecular formula is C22H19N5O3S. The van der Waals surface area contributed by atoms with Crippen molar-refractivity contribution in [2.75, 3.05) is 11.4 Å². The molecule has 0 saturated carbocycles. The third kappa shape index (κ3) is 3.59. The number of benzene rings is 1. The van der Waals surface area contributed by atoms with Gasteiger partial charge < -0.3 is 0 Å². The number of hydrogen-bond acceptors (Lipinski definition) is 6. The standard InChI is InChI=1S/C22H19N5O3S/c1-4-12-27(21-24-17(13-31-21)14-8-6-5-7-9-14)20(29)16-11-10-15-18(23-16)25(2)22(30)26(3)19(15)28/h4-11,13H,1,12H2,2-3H3. The number of pyridine rings is 1. The van der Waals surface area contributed by atoms with Crippen molar-refractivity contribution < 1.29 is 4.79 Å². The van der Waals surface area contributed by atoms with Crippen molar-refractivity contribution in [1.82, 2.24) is 19.1 Å². The molecule has 0 saturated heterocycles. The summed E-state index contributed by atoms with van der Waals surface area (Å²) >= 11 is 1.34. The first-order valence-corrected chi connectivity index (χ1v) is 10.3. The Morgan fingerprint density at radius 3 is 2.55 bits per heavy atom. The number of aryl methyl sites for hydroxylation is 1. The van der Waals surface area contributed by atoms with E-state index >= 15 is 0 Å². The molecule has 0 aliphatic carbocycles. The van der Waals surface area contributed by atoms with Crippen LogP contribution in [0.1, 0.15) is 10.5 Å². The lowest BCUT2D eigenvalue weighted by Gasteiger charge is -2.18. The molecule has 156 valence electrons. The Hall–Kier alpha value is -3.85. The van der Waals surface area contributed by atoms with Gasteiger partial charge in [-0.1, -0.05) is 36.4 Å². The largest absolute Gasteiger partial charge is 0.332 e. The molecule has 0 radical (unpaired) electrons. The van der Waals surface area contributed by atoms with E-state index in [4.69, 9.17) is 0 Å². The Morgan fingerprint density at radius 1 is 1.10 bits per heavy atom. The lowest BCUT2D eigenvalue weighted by Crippen LogP contribution is -2.38. The molecule has 0 N–H and O–H groups in total. The number of thiazole rings is 1. The Labute approximate surface area is 181 Å². The van der Waals surface area contributed by atoms with Crippen LogP contribution < -0.4 is 16.1 Å². The normalized spacial score (nSPS) is 10.9. The van der Waals surface area contributed by atoms with Crippen molar-refractivity contribution in [3.63, 3.8) is 0 Å². The number of aromatic nitrogens is 4. The summed E-state index contributed by atoms with van der Waals surface area (Å²) in [6.07, 6.45) is 1.61. The van der Waals surface area contributed by atoms with E-state index in [9.17, 15) is 14.4 Å². The van der Waals surface area contributed by atoms with Gasteiger partial charge in [-0.2, -0.15) is 0 Å². The first kappa shape index (κ1) is 20.4. The summed E-state index contributed by atoms with van der Waals surface area (Å²) in [5.41, 5.74) is 1.01. The lowest BCUT2D eigenvalue weighted by molar-refractivity contribution is 0.0985. The quantitative estimate of drug-likeness (QED) is 0.451. The maximum Gasteiger partial charge on any atom is 0.332 e. The summed E-state index contributed by atoms with van der Waals surface area (Å²) < 4.78 is 2.26. The zero-order chi connectivity index (χ0) is 22.1. The fourth-order valence-corrected chi connectivity index (χ4v) is 4.06. The minimum atomic E-state index is -0.509. The van der Waals surface area contributed by atoms with Gasteiger partial charge in [0.25, 0.3) is 11.5 Å². The maximum absolute atomic E-state index is 13.3. The van der Waals surface area contributed by atoms with Gasteiger partial charge in [-0.3, -0.25) is 23.6 Å². The van der Waals surface area contributed by atoms with Crippen LogP contribution in [0.5, 0.6) is 0 Å². The lowest BCUT2D eigenvalue weighted by atomic mass is 10.2. The number of carbonyl (C=O) groups is 1. The van der Waals surface area contributed by atoms with Gasteiger partial charge in [0.2, 0.25) is 0 Å². The summed E-state index contributed by atoms with van der Waals surface area (Å²) in [4.78, 5) is 48.3. The van der Waals surface area contributed by atoms with Crippen molar-refractivity contribution in [3.05, 3.63) is 87.0 Å². The van der Waals surface area contributed by atoms with Crippen LogP contribution in [0.15, 0.2) is 70.1 Å². The Kier molecular flexibility index (Phi) is 5.35. The van der Waals surface area contributed by atoms with Gasteiger partial charge >= 0.3 is 5.69 Å². The summed E-state index contributed by atoms with van der Waals surface area (Å²) in [5.74, 6) is -0.399. The van der Waals surface area contributed by atoms with Crippen molar-refractivity contribution in [1.29, 1.82) is 0 Å². The number of fused-ring (bicyclic) bond motifs is 1. The van der Waals surface area contributed by atoms with Crippen LogP contribution in [0.25, 0.3) is 22.3 Å². The van der Waals surface area contributed by atoms with Gasteiger partial charge in [0.05, 0.1) is 11.1 Å². The first-order valence-electron chi connectivity index (χ1n) is 9.43. The summed E-state index contributed by atoms with van der Waals surface area (Å²) in [6.45, 7) is 3.97. The topological polar surface area (TPSA) is 90.1 Å². The van der Waals surface area contributed by atoms with E-state index in [0.717, 1.165) is 15.8 Å². The molecule has 0 spiro atoms. The zero-order valence-corrected chi connectivity index (χ0v) is 17.8. The smallest absolute Gasteiger partial charge is 0.280 e. The van der Waals surface area contributed by atoms with Gasteiger partial charge in [-0.15, -0.1) is 17.9 Å². The van der Waals surface area contributed by atoms with Crippen molar-refractivity contribution in [3.8, 4) is 11.3 Å². The third-order valence-corrected chi connectivity index (χ3v) is 5.73. The molecule has 8 nitrogen and oxygen atoms in total. The Morgan fingerprint density at radius 2 is 1.84 bits per heavy atom. The van der Waals surface area contributed by atoms with E-state index in [2.05, 4.69) is 16.5 Å². The van der Waals surface area contributed by atoms with Crippen LogP contribution in [-0.4, -0.2) is 31.6 Å². The average Bonchev–Trinajstić information content (AvgIpc) is 3.29. The average molecular weight is 433 g/mol. The van der Waals surface area contributed by atoms with Gasteiger partial charge in [0.15, 0.2) is 5.13 Å². The molecule has 9 heteroatoms. The number of anilines is 1. The van der Waals surface area contributed by atoms with Crippen LogP contribution in [0.4, 0.5) is 5.13 Å². The second kappa shape index (κ2) is 8.11. The molecule has 1 amide bonds. The van der Waals surface area contributed by atoms with Crippen molar-refractivity contribution in [2.45, 2.75) is 0 Å². The molecule has 1 aromatic carbocycles. The third-order valence-electron chi connectivity index (χ3n) is 4.87. The minimum Gasteiger partial charge on any atom is -0.280 e. The zero-order valence-electron chi connectivity index (χ0n) is 17.0. The van der Waals surface area contributed by atoms with E-state index in [-0.39, 0.29) is 23.3 Å². The molecule has 3 aromatic heterocycles. The monoisotopic (exact) mass is 433 g/mol. The van der Waals surface area contributed by atoms with Crippen molar-refractivity contribution in [2.24, 2.45) is 14.1 Å². The van der Waals surface area contributed by atoms with E-state index in [1.165, 1.54) is 47.0 Å². The van der Waals surface area contributed by atoms with Crippen molar-refractivity contribution >= 4 is 33.4 Å². The van der Waals surface area contributed by atoms with E-state index in [1.54, 1.807) is 6.08 Å². The fraction of sp³-hybridized carbons (Fsp3) is 0.136. The molecule has 31 heavy (non-hydrogen) atoms. The molecule has 0 bridgehead atoms. The highest BCUT2D eigenvalue weighted by Gasteiger charge is 2.22. The molecular weight excluding hydrogens is 414 g/mol. The van der Waals surface area contributed by atoms with E-state index in [0.29, 0.717) is 5.13 Å². The molecule has 0 atom stereocenters. The van der Waals surface area contributed by atoms with Gasteiger partial charge in [0, 0.05) is 31.6 Å². The minimum absolute atomic E-state index is 0.106. The second-order valence-electron chi connectivity index (χ2n) is 6.86. The molecule has 0 aliphatic heterocycles.